The average molecular weight is 364 g/mol. The molecule has 0 N–H and O–H groups in total. The Morgan fingerprint density at radius 3 is 2.73 bits per heavy atom. The first kappa shape index (κ1) is 16.2. The van der Waals surface area contributed by atoms with Gasteiger partial charge in [-0.3, -0.25) is 15.1 Å². The fraction of sp³-hybridized carbons (Fsp3) is 0.0588. The fourth-order valence-electron chi connectivity index (χ4n) is 2.42. The van der Waals surface area contributed by atoms with Gasteiger partial charge in [0.1, 0.15) is 0 Å². The summed E-state index contributed by atoms with van der Waals surface area (Å²) in [5.41, 5.74) is 3.06. The predicted molar refractivity (Wildman–Crippen MR) is 96.7 cm³/mol. The second kappa shape index (κ2) is 6.89. The zero-order valence-corrected chi connectivity index (χ0v) is 14.2. The van der Waals surface area contributed by atoms with Gasteiger partial charge in [-0.25, -0.2) is 0 Å². The summed E-state index contributed by atoms with van der Waals surface area (Å²) in [5.74, 6) is 0.714. The van der Waals surface area contributed by atoms with E-state index in [1.54, 1.807) is 41.2 Å². The Morgan fingerprint density at radius 2 is 1.92 bits per heavy atom. The van der Waals surface area contributed by atoms with Gasteiger partial charge in [0, 0.05) is 35.8 Å². The summed E-state index contributed by atoms with van der Waals surface area (Å²) in [6, 6.07) is 13.8. The maximum absolute atomic E-state index is 11.0. The summed E-state index contributed by atoms with van der Waals surface area (Å²) in [6.45, 7) is 0. The van der Waals surface area contributed by atoms with Gasteiger partial charge < -0.3 is 0 Å². The minimum Gasteiger partial charge on any atom is -0.265 e. The molecule has 9 heteroatoms. The van der Waals surface area contributed by atoms with Crippen molar-refractivity contribution in [3.05, 3.63) is 76.6 Å². The largest absolute Gasteiger partial charge is 0.270 e. The van der Waals surface area contributed by atoms with Gasteiger partial charge >= 0.3 is 0 Å². The first-order chi connectivity index (χ1) is 12.7. The molecule has 1 aromatic carbocycles. The lowest BCUT2D eigenvalue weighted by Gasteiger charge is -2.03. The van der Waals surface area contributed by atoms with Crippen molar-refractivity contribution in [1.29, 1.82) is 0 Å². The molecule has 0 aliphatic carbocycles. The quantitative estimate of drug-likeness (QED) is 0.304. The van der Waals surface area contributed by atoms with E-state index >= 15 is 0 Å². The molecule has 3 aromatic heterocycles. The van der Waals surface area contributed by atoms with Gasteiger partial charge in [-0.1, -0.05) is 23.9 Å². The lowest BCUT2D eigenvalue weighted by Crippen LogP contribution is -1.97. The highest BCUT2D eigenvalue weighted by molar-refractivity contribution is 7.98. The number of aromatic nitrogens is 5. The smallest absolute Gasteiger partial charge is 0.265 e. The zero-order valence-electron chi connectivity index (χ0n) is 13.4. The lowest BCUT2D eigenvalue weighted by atomic mass is 10.1. The van der Waals surface area contributed by atoms with Crippen LogP contribution in [0.2, 0.25) is 0 Å². The number of pyridine rings is 1. The van der Waals surface area contributed by atoms with E-state index in [-0.39, 0.29) is 5.69 Å². The number of nitrogens with zero attached hydrogens (tertiary/aromatic N) is 6. The van der Waals surface area contributed by atoms with E-state index in [2.05, 4.69) is 20.3 Å². The Balaban J connectivity index is 1.66. The normalized spacial score (nSPS) is 10.9. The van der Waals surface area contributed by atoms with Crippen molar-refractivity contribution < 1.29 is 4.92 Å². The molecule has 0 radical (unpaired) electrons. The van der Waals surface area contributed by atoms with Gasteiger partial charge in [0.05, 0.1) is 10.6 Å². The molecule has 4 rings (SSSR count). The molecule has 0 amide bonds. The summed E-state index contributed by atoms with van der Waals surface area (Å²) in [4.78, 5) is 14.6. The van der Waals surface area contributed by atoms with Crippen molar-refractivity contribution in [1.82, 2.24) is 24.8 Å². The summed E-state index contributed by atoms with van der Waals surface area (Å²) in [5, 5.41) is 24.5. The third-order valence-corrected chi connectivity index (χ3v) is 4.69. The van der Waals surface area contributed by atoms with Crippen LogP contribution in [-0.2, 0) is 5.75 Å². The third kappa shape index (κ3) is 3.24. The molecule has 0 bridgehead atoms. The number of non-ortho nitro benzene ring substituents is 1. The van der Waals surface area contributed by atoms with E-state index in [4.69, 9.17) is 0 Å². The van der Waals surface area contributed by atoms with Gasteiger partial charge in [-0.05, 0) is 29.8 Å². The van der Waals surface area contributed by atoms with Crippen molar-refractivity contribution in [2.24, 2.45) is 0 Å². The lowest BCUT2D eigenvalue weighted by molar-refractivity contribution is -0.384. The number of hydrogen-bond acceptors (Lipinski definition) is 7. The summed E-state index contributed by atoms with van der Waals surface area (Å²) in [6.07, 6.45) is 3.49. The minimum absolute atomic E-state index is 0.0282. The van der Waals surface area contributed by atoms with Crippen LogP contribution in [0.3, 0.4) is 0 Å². The SMILES string of the molecule is O=[N+]([O-])c1cccc(-c2ccc3nnc(SCc4ccncc4)n3n2)c1. The Bertz CT molecular complexity index is 1080. The molecule has 4 aromatic rings. The fourth-order valence-corrected chi connectivity index (χ4v) is 3.26. The monoisotopic (exact) mass is 364 g/mol. The van der Waals surface area contributed by atoms with E-state index in [1.165, 1.54) is 23.9 Å². The highest BCUT2D eigenvalue weighted by atomic mass is 32.2. The van der Waals surface area contributed by atoms with Gasteiger partial charge in [-0.15, -0.1) is 10.2 Å². The highest BCUT2D eigenvalue weighted by Gasteiger charge is 2.12. The second-order valence-corrected chi connectivity index (χ2v) is 6.37. The number of hydrogen-bond donors (Lipinski definition) is 0. The van der Waals surface area contributed by atoms with Crippen LogP contribution in [0.15, 0.2) is 66.1 Å². The van der Waals surface area contributed by atoms with E-state index in [0.717, 1.165) is 5.56 Å². The molecule has 3 heterocycles. The maximum Gasteiger partial charge on any atom is 0.270 e. The highest BCUT2D eigenvalue weighted by Crippen LogP contribution is 2.25. The molecule has 128 valence electrons. The van der Waals surface area contributed by atoms with Crippen LogP contribution in [0.5, 0.6) is 0 Å². The molecule has 0 unspecified atom stereocenters. The summed E-state index contributed by atoms with van der Waals surface area (Å²) in [7, 11) is 0. The second-order valence-electron chi connectivity index (χ2n) is 5.42. The molecule has 0 saturated carbocycles. The van der Waals surface area contributed by atoms with Gasteiger partial charge in [0.2, 0.25) is 5.16 Å². The number of fused-ring (bicyclic) bond motifs is 1. The Morgan fingerprint density at radius 1 is 1.08 bits per heavy atom. The number of benzene rings is 1. The van der Waals surface area contributed by atoms with Gasteiger partial charge in [0.25, 0.3) is 5.69 Å². The number of nitro groups is 1. The molecule has 0 aliphatic heterocycles. The molecule has 8 nitrogen and oxygen atoms in total. The van der Waals surface area contributed by atoms with Crippen molar-refractivity contribution in [3.63, 3.8) is 0 Å². The van der Waals surface area contributed by atoms with Crippen LogP contribution < -0.4 is 0 Å². The van der Waals surface area contributed by atoms with Crippen LogP contribution in [0.25, 0.3) is 16.9 Å². The van der Waals surface area contributed by atoms with Gasteiger partial charge in [-0.2, -0.15) is 9.61 Å². The first-order valence-corrected chi connectivity index (χ1v) is 8.68. The van der Waals surface area contributed by atoms with E-state index in [1.807, 2.05) is 12.1 Å². The average Bonchev–Trinajstić information content (AvgIpc) is 3.09. The Labute approximate surface area is 152 Å². The minimum atomic E-state index is -0.420. The Kier molecular flexibility index (Phi) is 4.28. The first-order valence-electron chi connectivity index (χ1n) is 7.70. The van der Waals surface area contributed by atoms with Crippen molar-refractivity contribution >= 4 is 23.1 Å². The molecular weight excluding hydrogens is 352 g/mol. The van der Waals surface area contributed by atoms with Crippen molar-refractivity contribution in [2.75, 3.05) is 0 Å². The Hall–Kier alpha value is -3.33. The van der Waals surface area contributed by atoms with E-state index < -0.39 is 4.92 Å². The number of rotatable bonds is 5. The molecular formula is C17H12N6O2S. The molecule has 0 fully saturated rings. The molecule has 0 atom stereocenters. The molecule has 0 spiro atoms. The van der Waals surface area contributed by atoms with Gasteiger partial charge in [0.15, 0.2) is 5.65 Å². The molecule has 0 saturated heterocycles. The molecule has 0 aliphatic rings. The van der Waals surface area contributed by atoms with Crippen LogP contribution in [0, 0.1) is 10.1 Å². The summed E-state index contributed by atoms with van der Waals surface area (Å²) < 4.78 is 1.65. The number of thioether (sulfide) groups is 1. The van der Waals surface area contributed by atoms with Crippen LogP contribution >= 0.6 is 11.8 Å². The third-order valence-electron chi connectivity index (χ3n) is 3.70. The van der Waals surface area contributed by atoms with Crippen LogP contribution in [-0.4, -0.2) is 29.7 Å². The molecule has 26 heavy (non-hydrogen) atoms. The van der Waals surface area contributed by atoms with Crippen molar-refractivity contribution in [2.45, 2.75) is 10.9 Å². The predicted octanol–water partition coefficient (Wildman–Crippen LogP) is 3.39. The number of nitro benzene ring substituents is 1. The topological polar surface area (TPSA) is 99.1 Å². The van der Waals surface area contributed by atoms with Crippen molar-refractivity contribution in [3.8, 4) is 11.3 Å². The zero-order chi connectivity index (χ0) is 17.9. The van der Waals surface area contributed by atoms with Crippen LogP contribution in [0.1, 0.15) is 5.56 Å². The summed E-state index contributed by atoms with van der Waals surface area (Å²) >= 11 is 1.51. The van der Waals surface area contributed by atoms with E-state index in [9.17, 15) is 10.1 Å². The standard InChI is InChI=1S/C17H12N6O2S/c24-23(25)14-3-1-2-13(10-14)15-4-5-16-19-20-17(22(16)21-15)26-11-12-6-8-18-9-7-12/h1-10H,11H2. The van der Waals surface area contributed by atoms with E-state index in [0.29, 0.717) is 27.8 Å². The maximum atomic E-state index is 11.0. The van der Waals surface area contributed by atoms with Crippen LogP contribution in [0.4, 0.5) is 5.69 Å².